The molecule has 0 bridgehead atoms. The lowest BCUT2D eigenvalue weighted by molar-refractivity contribution is -0.140. The highest BCUT2D eigenvalue weighted by molar-refractivity contribution is 7.98. The molecule has 0 radical (unpaired) electrons. The minimum Gasteiger partial charge on any atom is -0.487 e. The van der Waals surface area contributed by atoms with Crippen LogP contribution in [0.15, 0.2) is 61.2 Å². The molecule has 210 valence electrons. The predicted octanol–water partition coefficient (Wildman–Crippen LogP) is 8.13. The summed E-state index contributed by atoms with van der Waals surface area (Å²) in [6, 6.07) is 13.6. The molecule has 6 heteroatoms. The van der Waals surface area contributed by atoms with E-state index in [1.165, 1.54) is 25.7 Å². The van der Waals surface area contributed by atoms with Crippen LogP contribution in [-0.2, 0) is 4.79 Å². The van der Waals surface area contributed by atoms with Crippen LogP contribution in [-0.4, -0.2) is 29.5 Å². The highest BCUT2D eigenvalue weighted by Gasteiger charge is 2.33. The summed E-state index contributed by atoms with van der Waals surface area (Å²) in [6.07, 6.45) is 13.3. The smallest absolute Gasteiger partial charge is 0.343 e. The molecular formula is C33H42O5S. The topological polar surface area (TPSA) is 61.8 Å². The van der Waals surface area contributed by atoms with Gasteiger partial charge in [-0.2, -0.15) is 11.8 Å². The zero-order valence-corrected chi connectivity index (χ0v) is 24.3. The first-order valence-corrected chi connectivity index (χ1v) is 15.6. The van der Waals surface area contributed by atoms with Crippen LogP contribution in [0.3, 0.4) is 0 Å². The summed E-state index contributed by atoms with van der Waals surface area (Å²) in [5.74, 6) is 4.02. The van der Waals surface area contributed by atoms with E-state index in [2.05, 4.69) is 12.7 Å². The van der Waals surface area contributed by atoms with Crippen LogP contribution in [0.5, 0.6) is 17.2 Å². The third-order valence-electron chi connectivity index (χ3n) is 8.15. The molecular weight excluding hydrogens is 508 g/mol. The summed E-state index contributed by atoms with van der Waals surface area (Å²) in [6.45, 7) is 8.02. The van der Waals surface area contributed by atoms with Crippen LogP contribution < -0.4 is 14.2 Å². The van der Waals surface area contributed by atoms with Gasteiger partial charge in [0.2, 0.25) is 0 Å². The molecule has 0 unspecified atom stereocenters. The summed E-state index contributed by atoms with van der Waals surface area (Å²) < 4.78 is 17.2. The van der Waals surface area contributed by atoms with Gasteiger partial charge in [-0.05, 0) is 138 Å². The van der Waals surface area contributed by atoms with Crippen LogP contribution in [0.1, 0.15) is 75.6 Å². The van der Waals surface area contributed by atoms with E-state index in [-0.39, 0.29) is 17.5 Å². The van der Waals surface area contributed by atoms with Gasteiger partial charge in [0.05, 0.1) is 11.5 Å². The van der Waals surface area contributed by atoms with Gasteiger partial charge in [-0.1, -0.05) is 6.08 Å². The molecule has 2 aliphatic rings. The predicted molar refractivity (Wildman–Crippen MR) is 158 cm³/mol. The van der Waals surface area contributed by atoms with Crippen molar-refractivity contribution in [2.75, 3.05) is 12.0 Å². The van der Waals surface area contributed by atoms with Crippen molar-refractivity contribution in [1.29, 1.82) is 0 Å². The van der Waals surface area contributed by atoms with Crippen LogP contribution in [0.4, 0.5) is 0 Å². The van der Waals surface area contributed by atoms with Crippen LogP contribution in [0.25, 0.3) is 0 Å². The lowest BCUT2D eigenvalue weighted by atomic mass is 9.69. The van der Waals surface area contributed by atoms with Crippen molar-refractivity contribution >= 4 is 23.7 Å². The fraction of sp³-hybridized carbons (Fsp3) is 0.515. The van der Waals surface area contributed by atoms with Crippen LogP contribution >= 0.6 is 11.8 Å². The summed E-state index contributed by atoms with van der Waals surface area (Å²) in [7, 11) is 0. The SMILES string of the molecule is C=CC1CCC(C2CCC(C(=O)Oc3ccc(OC(=O)c4ccc(OC(C)(C)CSC)cc4)cc3)CC2)CC1. The largest absolute Gasteiger partial charge is 0.487 e. The number of thioether (sulfide) groups is 1. The molecule has 0 spiro atoms. The number of allylic oxidation sites excluding steroid dienone is 1. The zero-order chi connectivity index (χ0) is 27.8. The van der Waals surface area contributed by atoms with Gasteiger partial charge < -0.3 is 14.2 Å². The Morgan fingerprint density at radius 2 is 1.33 bits per heavy atom. The molecule has 4 rings (SSSR count). The number of hydrogen-bond acceptors (Lipinski definition) is 6. The van der Waals surface area contributed by atoms with Crippen molar-refractivity contribution < 1.29 is 23.8 Å². The zero-order valence-electron chi connectivity index (χ0n) is 23.5. The molecule has 5 nitrogen and oxygen atoms in total. The molecule has 2 aromatic rings. The van der Waals surface area contributed by atoms with Crippen molar-refractivity contribution in [1.82, 2.24) is 0 Å². The molecule has 0 saturated heterocycles. The van der Waals surface area contributed by atoms with E-state index in [1.807, 2.05) is 20.1 Å². The minimum atomic E-state index is -0.454. The Labute approximate surface area is 237 Å². The van der Waals surface area contributed by atoms with Gasteiger partial charge in [0.1, 0.15) is 22.8 Å². The number of benzene rings is 2. The molecule has 2 aromatic carbocycles. The fourth-order valence-electron chi connectivity index (χ4n) is 5.97. The first-order chi connectivity index (χ1) is 18.8. The molecule has 0 amide bonds. The van der Waals surface area contributed by atoms with Gasteiger partial charge in [0.15, 0.2) is 0 Å². The maximum atomic E-state index is 12.8. The third kappa shape index (κ3) is 8.38. The molecule has 0 aliphatic heterocycles. The van der Waals surface area contributed by atoms with E-state index in [9.17, 15) is 9.59 Å². The van der Waals surface area contributed by atoms with E-state index in [0.717, 1.165) is 43.3 Å². The Morgan fingerprint density at radius 3 is 1.87 bits per heavy atom. The lowest BCUT2D eigenvalue weighted by Crippen LogP contribution is -2.31. The highest BCUT2D eigenvalue weighted by Crippen LogP contribution is 2.42. The Hall–Kier alpha value is -2.73. The Balaban J connectivity index is 1.22. The summed E-state index contributed by atoms with van der Waals surface area (Å²) >= 11 is 1.72. The Bertz CT molecular complexity index is 1090. The average molecular weight is 551 g/mol. The first-order valence-electron chi connectivity index (χ1n) is 14.2. The number of ether oxygens (including phenoxy) is 3. The van der Waals surface area contributed by atoms with Gasteiger partial charge in [-0.3, -0.25) is 4.79 Å². The van der Waals surface area contributed by atoms with Crippen LogP contribution in [0, 0.1) is 23.7 Å². The molecule has 2 aliphatic carbocycles. The molecule has 0 heterocycles. The average Bonchev–Trinajstić information content (AvgIpc) is 2.94. The van der Waals surface area contributed by atoms with E-state index in [0.29, 0.717) is 28.7 Å². The second kappa shape index (κ2) is 13.6. The van der Waals surface area contributed by atoms with Crippen molar-refractivity contribution in [3.8, 4) is 17.2 Å². The van der Waals surface area contributed by atoms with Crippen LogP contribution in [0.2, 0.25) is 0 Å². The number of esters is 2. The quantitative estimate of drug-likeness (QED) is 0.169. The Kier molecular flexibility index (Phi) is 10.2. The van der Waals surface area contributed by atoms with Gasteiger partial charge in [-0.25, -0.2) is 4.79 Å². The van der Waals surface area contributed by atoms with Crippen molar-refractivity contribution in [3.05, 3.63) is 66.7 Å². The fourth-order valence-corrected chi connectivity index (χ4v) is 6.73. The van der Waals surface area contributed by atoms with E-state index < -0.39 is 5.97 Å². The minimum absolute atomic E-state index is 0.0403. The number of rotatable bonds is 10. The molecule has 0 atom stereocenters. The van der Waals surface area contributed by atoms with Gasteiger partial charge >= 0.3 is 11.9 Å². The van der Waals surface area contributed by atoms with Crippen molar-refractivity contribution in [2.45, 2.75) is 70.8 Å². The maximum Gasteiger partial charge on any atom is 0.343 e. The summed E-state index contributed by atoms with van der Waals surface area (Å²) in [4.78, 5) is 25.4. The first kappa shape index (κ1) is 29.3. The summed E-state index contributed by atoms with van der Waals surface area (Å²) in [5.41, 5.74) is 0.140. The normalized spacial score (nSPS) is 23.5. The monoisotopic (exact) mass is 550 g/mol. The number of hydrogen-bond donors (Lipinski definition) is 0. The molecule has 2 saturated carbocycles. The number of carbonyl (C=O) groups is 2. The Morgan fingerprint density at radius 1 is 0.821 bits per heavy atom. The van der Waals surface area contributed by atoms with E-state index in [1.54, 1.807) is 60.3 Å². The molecule has 2 fully saturated rings. The van der Waals surface area contributed by atoms with Crippen molar-refractivity contribution in [3.63, 3.8) is 0 Å². The molecule has 0 aromatic heterocycles. The summed E-state index contributed by atoms with van der Waals surface area (Å²) in [5, 5.41) is 0. The van der Waals surface area contributed by atoms with Gasteiger partial charge in [-0.15, -0.1) is 6.58 Å². The lowest BCUT2D eigenvalue weighted by Gasteiger charge is -2.36. The maximum absolute atomic E-state index is 12.8. The third-order valence-corrected chi connectivity index (χ3v) is 9.13. The standard InChI is InChI=1S/C33H42O5S/c1-5-23-6-8-24(9-7-23)25-10-12-26(13-11-25)31(34)36-28-18-20-29(21-19-28)37-32(35)27-14-16-30(17-15-27)38-33(2,3)22-39-4/h5,14-21,23-26H,1,6-13,22H2,2-4H3. The second-order valence-electron chi connectivity index (χ2n) is 11.6. The number of carbonyl (C=O) groups excluding carboxylic acids is 2. The highest BCUT2D eigenvalue weighted by atomic mass is 32.2. The van der Waals surface area contributed by atoms with Gasteiger partial charge in [0, 0.05) is 5.75 Å². The van der Waals surface area contributed by atoms with E-state index in [4.69, 9.17) is 14.2 Å². The van der Waals surface area contributed by atoms with Gasteiger partial charge in [0.25, 0.3) is 0 Å². The second-order valence-corrected chi connectivity index (χ2v) is 12.5. The van der Waals surface area contributed by atoms with Crippen molar-refractivity contribution in [2.24, 2.45) is 23.7 Å². The van der Waals surface area contributed by atoms with E-state index >= 15 is 0 Å². The molecule has 0 N–H and O–H groups in total. The molecule has 39 heavy (non-hydrogen) atoms.